The lowest BCUT2D eigenvalue weighted by Crippen LogP contribution is -2.36. The zero-order valence-electron chi connectivity index (χ0n) is 13.7. The van der Waals surface area contributed by atoms with Gasteiger partial charge in [-0.15, -0.1) is 0 Å². The van der Waals surface area contributed by atoms with Crippen LogP contribution in [-0.4, -0.2) is 50.0 Å². The van der Waals surface area contributed by atoms with Gasteiger partial charge in [0.25, 0.3) is 5.91 Å². The molecule has 2 amide bonds. The maximum atomic E-state index is 13.8. The number of benzene rings is 1. The van der Waals surface area contributed by atoms with Crippen molar-refractivity contribution in [1.29, 1.82) is 0 Å². The van der Waals surface area contributed by atoms with Gasteiger partial charge in [-0.1, -0.05) is 0 Å². The first-order valence-corrected chi connectivity index (χ1v) is 8.26. The lowest BCUT2D eigenvalue weighted by atomic mass is 9.88. The number of amides is 2. The SMILES string of the molecule is NC(=O)c1cc(F)cc2c1-n1ncc(C3CCN(C(=O)O)CC3)c1C2O. The first-order chi connectivity index (χ1) is 12.4. The Morgan fingerprint density at radius 3 is 2.54 bits per heavy atom. The third-order valence-electron chi connectivity index (χ3n) is 5.18. The molecule has 1 fully saturated rings. The Morgan fingerprint density at radius 1 is 1.23 bits per heavy atom. The zero-order chi connectivity index (χ0) is 18.6. The first kappa shape index (κ1) is 16.5. The van der Waals surface area contributed by atoms with Gasteiger partial charge in [0, 0.05) is 24.2 Å². The van der Waals surface area contributed by atoms with Gasteiger partial charge in [0.15, 0.2) is 0 Å². The summed E-state index contributed by atoms with van der Waals surface area (Å²) in [7, 11) is 0. The molecule has 0 bridgehead atoms. The van der Waals surface area contributed by atoms with Crippen molar-refractivity contribution in [3.8, 4) is 5.69 Å². The van der Waals surface area contributed by atoms with Gasteiger partial charge >= 0.3 is 6.09 Å². The number of carbonyl (C=O) groups excluding carboxylic acids is 1. The van der Waals surface area contributed by atoms with E-state index < -0.39 is 23.9 Å². The molecule has 1 saturated heterocycles. The largest absolute Gasteiger partial charge is 0.465 e. The number of halogens is 1. The van der Waals surface area contributed by atoms with Gasteiger partial charge in [-0.25, -0.2) is 13.9 Å². The van der Waals surface area contributed by atoms with E-state index in [2.05, 4.69) is 5.10 Å². The Labute approximate surface area is 147 Å². The van der Waals surface area contributed by atoms with E-state index in [1.54, 1.807) is 6.20 Å². The second-order valence-corrected chi connectivity index (χ2v) is 6.60. The van der Waals surface area contributed by atoms with E-state index in [-0.39, 0.29) is 17.0 Å². The standard InChI is InChI=1S/C17H17FN4O4/c18-9-5-10-13(11(6-9)16(19)24)22-14(15(10)23)12(7-20-22)8-1-3-21(4-2-8)17(25)26/h5-8,15,23H,1-4H2,(H2,19,24)(H,25,26). The Hall–Kier alpha value is -2.94. The summed E-state index contributed by atoms with van der Waals surface area (Å²) in [4.78, 5) is 24.1. The molecule has 0 radical (unpaired) electrons. The molecule has 8 nitrogen and oxygen atoms in total. The number of carbonyl (C=O) groups is 2. The van der Waals surface area contributed by atoms with E-state index >= 15 is 0 Å². The Balaban J connectivity index is 1.74. The van der Waals surface area contributed by atoms with Crippen LogP contribution in [0.2, 0.25) is 0 Å². The molecule has 4 rings (SSSR count). The molecule has 1 atom stereocenters. The van der Waals surface area contributed by atoms with Crippen LogP contribution in [0.5, 0.6) is 0 Å². The number of aliphatic hydroxyl groups excluding tert-OH is 1. The maximum absolute atomic E-state index is 13.8. The first-order valence-electron chi connectivity index (χ1n) is 8.26. The lowest BCUT2D eigenvalue weighted by Gasteiger charge is -2.30. The zero-order valence-corrected chi connectivity index (χ0v) is 13.7. The van der Waals surface area contributed by atoms with Crippen LogP contribution in [0, 0.1) is 5.82 Å². The molecule has 9 heteroatoms. The van der Waals surface area contributed by atoms with Crippen LogP contribution < -0.4 is 5.73 Å². The number of hydrogen-bond donors (Lipinski definition) is 3. The van der Waals surface area contributed by atoms with E-state index in [0.29, 0.717) is 37.3 Å². The highest BCUT2D eigenvalue weighted by molar-refractivity contribution is 5.97. The van der Waals surface area contributed by atoms with Crippen LogP contribution in [-0.2, 0) is 0 Å². The molecule has 0 saturated carbocycles. The Kier molecular flexibility index (Phi) is 3.69. The van der Waals surface area contributed by atoms with Gasteiger partial charge in [-0.05, 0) is 30.9 Å². The topological polar surface area (TPSA) is 122 Å². The molecule has 4 N–H and O–H groups in total. The van der Waals surface area contributed by atoms with Crippen LogP contribution in [0.3, 0.4) is 0 Å². The van der Waals surface area contributed by atoms with Crippen molar-refractivity contribution < 1.29 is 24.2 Å². The van der Waals surface area contributed by atoms with Crippen LogP contribution in [0.4, 0.5) is 9.18 Å². The molecule has 2 aromatic rings. The number of piperidine rings is 1. The van der Waals surface area contributed by atoms with Gasteiger partial charge in [-0.3, -0.25) is 4.79 Å². The number of aromatic nitrogens is 2. The summed E-state index contributed by atoms with van der Waals surface area (Å²) in [5.74, 6) is -1.42. The summed E-state index contributed by atoms with van der Waals surface area (Å²) in [5.41, 5.74) is 7.16. The molecule has 0 aliphatic carbocycles. The van der Waals surface area contributed by atoms with Crippen molar-refractivity contribution in [1.82, 2.24) is 14.7 Å². The van der Waals surface area contributed by atoms with E-state index in [4.69, 9.17) is 10.8 Å². The summed E-state index contributed by atoms with van der Waals surface area (Å²) in [5, 5.41) is 24.1. The smallest absolute Gasteiger partial charge is 0.407 e. The van der Waals surface area contributed by atoms with Gasteiger partial charge in [-0.2, -0.15) is 5.10 Å². The van der Waals surface area contributed by atoms with E-state index in [9.17, 15) is 19.1 Å². The fourth-order valence-electron chi connectivity index (χ4n) is 3.92. The van der Waals surface area contributed by atoms with Gasteiger partial charge in [0.1, 0.15) is 11.9 Å². The predicted octanol–water partition coefficient (Wildman–Crippen LogP) is 1.36. The monoisotopic (exact) mass is 360 g/mol. The molecule has 136 valence electrons. The van der Waals surface area contributed by atoms with Crippen LogP contribution >= 0.6 is 0 Å². The van der Waals surface area contributed by atoms with Crippen LogP contribution in [0.25, 0.3) is 5.69 Å². The molecule has 2 aliphatic rings. The van der Waals surface area contributed by atoms with Crippen LogP contribution in [0.1, 0.15) is 52.0 Å². The minimum absolute atomic E-state index is 0.0280. The lowest BCUT2D eigenvalue weighted by molar-refractivity contribution is 0.0999. The van der Waals surface area contributed by atoms with Crippen molar-refractivity contribution in [3.63, 3.8) is 0 Å². The number of aliphatic hydroxyl groups is 1. The average Bonchev–Trinajstić information content (AvgIpc) is 3.14. The van der Waals surface area contributed by atoms with Gasteiger partial charge < -0.3 is 20.8 Å². The number of likely N-dealkylation sites (tertiary alicyclic amines) is 1. The molecule has 1 aromatic heterocycles. The second kappa shape index (κ2) is 5.80. The number of fused-ring (bicyclic) bond motifs is 3. The fourth-order valence-corrected chi connectivity index (χ4v) is 3.92. The van der Waals surface area contributed by atoms with E-state index in [1.165, 1.54) is 15.6 Å². The summed E-state index contributed by atoms with van der Waals surface area (Å²) in [6, 6.07) is 2.22. The third kappa shape index (κ3) is 2.35. The van der Waals surface area contributed by atoms with Crippen molar-refractivity contribution in [2.75, 3.05) is 13.1 Å². The highest BCUT2D eigenvalue weighted by atomic mass is 19.1. The number of primary amides is 1. The second-order valence-electron chi connectivity index (χ2n) is 6.60. The molecule has 2 aliphatic heterocycles. The molecular weight excluding hydrogens is 343 g/mol. The van der Waals surface area contributed by atoms with Crippen LogP contribution in [0.15, 0.2) is 18.3 Å². The molecule has 1 unspecified atom stereocenters. The normalized spacial score (nSPS) is 19.3. The minimum Gasteiger partial charge on any atom is -0.465 e. The maximum Gasteiger partial charge on any atom is 0.407 e. The average molecular weight is 360 g/mol. The van der Waals surface area contributed by atoms with Crippen molar-refractivity contribution >= 4 is 12.0 Å². The number of hydrogen-bond acceptors (Lipinski definition) is 4. The molecular formula is C17H17FN4O4. The summed E-state index contributed by atoms with van der Waals surface area (Å²) in [6.07, 6.45) is 0.763. The third-order valence-corrected chi connectivity index (χ3v) is 5.18. The number of nitrogens with two attached hydrogens (primary N) is 1. The number of rotatable bonds is 2. The number of carboxylic acid groups (broad SMARTS) is 1. The fraction of sp³-hybridized carbons (Fsp3) is 0.353. The van der Waals surface area contributed by atoms with Crippen molar-refractivity contribution in [2.24, 2.45) is 5.73 Å². The Bertz CT molecular complexity index is 918. The summed E-state index contributed by atoms with van der Waals surface area (Å²) in [6.45, 7) is 0.795. The number of nitrogens with zero attached hydrogens (tertiary/aromatic N) is 3. The quantitative estimate of drug-likeness (QED) is 0.746. The van der Waals surface area contributed by atoms with E-state index in [1.807, 2.05) is 0 Å². The minimum atomic E-state index is -1.12. The molecule has 26 heavy (non-hydrogen) atoms. The molecule has 1 aromatic carbocycles. The Morgan fingerprint density at radius 2 is 1.92 bits per heavy atom. The predicted molar refractivity (Wildman–Crippen MR) is 87.7 cm³/mol. The summed E-state index contributed by atoms with van der Waals surface area (Å²) >= 11 is 0. The van der Waals surface area contributed by atoms with Gasteiger partial charge in [0.05, 0.1) is 23.1 Å². The van der Waals surface area contributed by atoms with E-state index in [0.717, 1.165) is 11.6 Å². The van der Waals surface area contributed by atoms with Gasteiger partial charge in [0.2, 0.25) is 0 Å². The summed E-state index contributed by atoms with van der Waals surface area (Å²) < 4.78 is 15.3. The van der Waals surface area contributed by atoms with Crippen molar-refractivity contribution in [3.05, 3.63) is 46.5 Å². The van der Waals surface area contributed by atoms with Crippen molar-refractivity contribution in [2.45, 2.75) is 24.9 Å². The highest BCUT2D eigenvalue weighted by Crippen LogP contribution is 2.43. The molecule has 0 spiro atoms. The molecule has 3 heterocycles. The highest BCUT2D eigenvalue weighted by Gasteiger charge is 2.37.